The molecule has 1 N–H and O–H groups in total. The molecule has 0 spiro atoms. The largest absolute Gasteiger partial charge is 0.495 e. The molecule has 26 heavy (non-hydrogen) atoms. The fourth-order valence-electron chi connectivity index (χ4n) is 2.67. The van der Waals surface area contributed by atoms with Gasteiger partial charge in [-0.2, -0.15) is 10.3 Å². The monoisotopic (exact) mass is 361 g/mol. The van der Waals surface area contributed by atoms with Crippen molar-refractivity contribution >= 4 is 18.6 Å². The molecule has 0 amide bonds. The van der Waals surface area contributed by atoms with Gasteiger partial charge in [0.25, 0.3) is 0 Å². The molecule has 0 atom stereocenters. The summed E-state index contributed by atoms with van der Waals surface area (Å²) in [7, 11) is -0.808. The van der Waals surface area contributed by atoms with Crippen molar-refractivity contribution in [2.24, 2.45) is 0 Å². The van der Waals surface area contributed by atoms with Crippen LogP contribution in [0.15, 0.2) is 18.2 Å². The van der Waals surface area contributed by atoms with Crippen molar-refractivity contribution in [3.8, 4) is 11.3 Å². The van der Waals surface area contributed by atoms with E-state index in [1.54, 1.807) is 6.92 Å². The first-order chi connectivity index (χ1) is 12.2. The number of benzene rings is 1. The molecular formula is C17H21BFN3O4. The molecule has 0 unspecified atom stereocenters. The van der Waals surface area contributed by atoms with Gasteiger partial charge in [-0.05, 0) is 52.2 Å². The van der Waals surface area contributed by atoms with E-state index in [4.69, 9.17) is 14.0 Å². The van der Waals surface area contributed by atoms with E-state index >= 15 is 0 Å². The normalized spacial score (nSPS) is 18.2. The summed E-state index contributed by atoms with van der Waals surface area (Å²) in [5.41, 5.74) is 0.0265. The molecule has 0 bridgehead atoms. The summed E-state index contributed by atoms with van der Waals surface area (Å²) in [5, 5.41) is 10.4. The summed E-state index contributed by atoms with van der Waals surface area (Å²) in [6.45, 7) is 9.54. The van der Waals surface area contributed by atoms with Crippen molar-refractivity contribution in [2.45, 2.75) is 45.8 Å². The average molecular weight is 361 g/mol. The lowest BCUT2D eigenvalue weighted by Gasteiger charge is -2.32. The summed E-state index contributed by atoms with van der Waals surface area (Å²) in [5.74, 6) is -1.06. The SMILES string of the molecule is CCOC(=O)c1n[nH]nc1-c1ccc(F)cc1B1OC(C)(C)C(C)(C)O1. The van der Waals surface area contributed by atoms with Gasteiger partial charge in [-0.15, -0.1) is 5.10 Å². The Morgan fingerprint density at radius 1 is 1.23 bits per heavy atom. The minimum Gasteiger partial charge on any atom is -0.461 e. The van der Waals surface area contributed by atoms with E-state index in [0.29, 0.717) is 11.0 Å². The highest BCUT2D eigenvalue weighted by Gasteiger charge is 2.52. The van der Waals surface area contributed by atoms with Crippen molar-refractivity contribution in [3.05, 3.63) is 29.7 Å². The van der Waals surface area contributed by atoms with Gasteiger partial charge in [-0.25, -0.2) is 9.18 Å². The number of rotatable bonds is 4. The maximum Gasteiger partial charge on any atom is 0.495 e. The lowest BCUT2D eigenvalue weighted by atomic mass is 9.75. The van der Waals surface area contributed by atoms with Crippen LogP contribution in [0.4, 0.5) is 4.39 Å². The summed E-state index contributed by atoms with van der Waals surface area (Å²) in [6.07, 6.45) is 0. The number of H-pyrrole nitrogens is 1. The number of nitrogens with zero attached hydrogens (tertiary/aromatic N) is 2. The molecule has 138 valence electrons. The molecule has 1 fully saturated rings. The Hall–Kier alpha value is -2.26. The van der Waals surface area contributed by atoms with E-state index < -0.39 is 30.1 Å². The van der Waals surface area contributed by atoms with Crippen LogP contribution < -0.4 is 5.46 Å². The Morgan fingerprint density at radius 2 is 1.88 bits per heavy atom. The maximum absolute atomic E-state index is 14.0. The van der Waals surface area contributed by atoms with Crippen LogP contribution in [-0.2, 0) is 14.0 Å². The van der Waals surface area contributed by atoms with Crippen LogP contribution in [0.5, 0.6) is 0 Å². The van der Waals surface area contributed by atoms with Crippen LogP contribution in [0.2, 0.25) is 0 Å². The molecule has 0 radical (unpaired) electrons. The Labute approximate surface area is 151 Å². The highest BCUT2D eigenvalue weighted by molar-refractivity contribution is 6.63. The minimum absolute atomic E-state index is 0.0243. The number of aromatic amines is 1. The third-order valence-corrected chi connectivity index (χ3v) is 4.79. The van der Waals surface area contributed by atoms with Crippen LogP contribution in [0.25, 0.3) is 11.3 Å². The van der Waals surface area contributed by atoms with Gasteiger partial charge in [0.2, 0.25) is 0 Å². The lowest BCUT2D eigenvalue weighted by Crippen LogP contribution is -2.41. The molecule has 2 aromatic rings. The van der Waals surface area contributed by atoms with Gasteiger partial charge in [-0.3, -0.25) is 0 Å². The number of carbonyl (C=O) groups excluding carboxylic acids is 1. The predicted octanol–water partition coefficient (Wildman–Crippen LogP) is 2.09. The van der Waals surface area contributed by atoms with E-state index in [0.717, 1.165) is 0 Å². The summed E-state index contributed by atoms with van der Waals surface area (Å²) >= 11 is 0. The zero-order valence-electron chi connectivity index (χ0n) is 15.4. The lowest BCUT2D eigenvalue weighted by molar-refractivity contribution is 0.00578. The Morgan fingerprint density at radius 3 is 2.50 bits per heavy atom. The van der Waals surface area contributed by atoms with Crippen molar-refractivity contribution < 1.29 is 23.2 Å². The van der Waals surface area contributed by atoms with Crippen molar-refractivity contribution in [1.29, 1.82) is 0 Å². The second-order valence-electron chi connectivity index (χ2n) is 7.06. The Kier molecular flexibility index (Phi) is 4.62. The van der Waals surface area contributed by atoms with Gasteiger partial charge >= 0.3 is 13.1 Å². The maximum atomic E-state index is 14.0. The second-order valence-corrected chi connectivity index (χ2v) is 7.06. The van der Waals surface area contributed by atoms with Crippen molar-refractivity contribution in [1.82, 2.24) is 15.4 Å². The molecule has 7 nitrogen and oxygen atoms in total. The van der Waals surface area contributed by atoms with Crippen molar-refractivity contribution in [3.63, 3.8) is 0 Å². The number of ether oxygens (including phenoxy) is 1. The van der Waals surface area contributed by atoms with E-state index in [9.17, 15) is 9.18 Å². The van der Waals surface area contributed by atoms with E-state index in [1.807, 2.05) is 27.7 Å². The Balaban J connectivity index is 2.07. The fourth-order valence-corrected chi connectivity index (χ4v) is 2.67. The van der Waals surface area contributed by atoms with Gasteiger partial charge in [0.15, 0.2) is 5.69 Å². The average Bonchev–Trinajstić information content (AvgIpc) is 3.10. The summed E-state index contributed by atoms with van der Waals surface area (Å²) in [6, 6.07) is 4.13. The first-order valence-electron chi connectivity index (χ1n) is 8.39. The molecule has 2 heterocycles. The fraction of sp³-hybridized carbons (Fsp3) is 0.471. The van der Waals surface area contributed by atoms with Crippen LogP contribution in [-0.4, -0.2) is 46.3 Å². The van der Waals surface area contributed by atoms with Gasteiger partial charge in [0, 0.05) is 5.56 Å². The molecule has 1 aromatic heterocycles. The minimum atomic E-state index is -0.808. The van der Waals surface area contributed by atoms with Gasteiger partial charge in [0.1, 0.15) is 11.5 Å². The Bertz CT molecular complexity index is 821. The molecule has 1 aliphatic rings. The topological polar surface area (TPSA) is 86.3 Å². The number of hydrogen-bond acceptors (Lipinski definition) is 6. The van der Waals surface area contributed by atoms with Gasteiger partial charge < -0.3 is 14.0 Å². The van der Waals surface area contributed by atoms with Gasteiger partial charge in [0.05, 0.1) is 17.8 Å². The third kappa shape index (κ3) is 3.12. The molecule has 1 aromatic carbocycles. The third-order valence-electron chi connectivity index (χ3n) is 4.79. The van der Waals surface area contributed by atoms with Crippen LogP contribution in [0, 0.1) is 5.82 Å². The quantitative estimate of drug-likeness (QED) is 0.663. The highest BCUT2D eigenvalue weighted by Crippen LogP contribution is 2.37. The molecule has 1 aliphatic heterocycles. The van der Waals surface area contributed by atoms with Gasteiger partial charge in [-0.1, -0.05) is 6.07 Å². The highest BCUT2D eigenvalue weighted by atomic mass is 19.1. The van der Waals surface area contributed by atoms with E-state index in [1.165, 1.54) is 18.2 Å². The number of nitrogens with one attached hydrogen (secondary N) is 1. The van der Waals surface area contributed by atoms with Crippen LogP contribution in [0.3, 0.4) is 0 Å². The molecule has 9 heteroatoms. The smallest absolute Gasteiger partial charge is 0.461 e. The molecule has 0 saturated carbocycles. The zero-order chi connectivity index (χ0) is 19.1. The molecule has 0 aliphatic carbocycles. The number of carbonyl (C=O) groups is 1. The zero-order valence-corrected chi connectivity index (χ0v) is 15.4. The van der Waals surface area contributed by atoms with Crippen LogP contribution in [0.1, 0.15) is 45.1 Å². The number of halogens is 1. The van der Waals surface area contributed by atoms with Crippen LogP contribution >= 0.6 is 0 Å². The number of hydrogen-bond donors (Lipinski definition) is 1. The van der Waals surface area contributed by atoms with E-state index in [-0.39, 0.29) is 18.0 Å². The second kappa shape index (κ2) is 6.48. The molecule has 3 rings (SSSR count). The number of aromatic nitrogens is 3. The standard InChI is InChI=1S/C17H21BFN3O4/c1-6-24-15(23)14-13(20-22-21-14)11-8-7-10(19)9-12(11)18-25-16(2,3)17(4,5)26-18/h7-9H,6H2,1-5H3,(H,20,21,22). The first-order valence-corrected chi connectivity index (χ1v) is 8.39. The summed E-state index contributed by atoms with van der Waals surface area (Å²) in [4.78, 5) is 12.1. The van der Waals surface area contributed by atoms with E-state index in [2.05, 4.69) is 15.4 Å². The first kappa shape index (κ1) is 18.5. The molecule has 1 saturated heterocycles. The number of esters is 1. The summed E-state index contributed by atoms with van der Waals surface area (Å²) < 4.78 is 31.0. The van der Waals surface area contributed by atoms with Crippen molar-refractivity contribution in [2.75, 3.05) is 6.61 Å². The molecular weight excluding hydrogens is 340 g/mol. The predicted molar refractivity (Wildman–Crippen MR) is 93.4 cm³/mol.